The fourth-order valence-electron chi connectivity index (χ4n) is 4.78. The number of carbonyl (C=O) groups excluding carboxylic acids is 1. The number of fused-ring (bicyclic) bond motifs is 1. The predicted molar refractivity (Wildman–Crippen MR) is 118 cm³/mol. The number of amides is 1. The summed E-state index contributed by atoms with van der Waals surface area (Å²) in [4.78, 5) is 19.9. The van der Waals surface area contributed by atoms with Crippen molar-refractivity contribution in [3.63, 3.8) is 0 Å². The average Bonchev–Trinajstić information content (AvgIpc) is 3.32. The van der Waals surface area contributed by atoms with E-state index in [2.05, 4.69) is 17.0 Å². The lowest BCUT2D eigenvalue weighted by Gasteiger charge is -2.32. The number of aromatic nitrogens is 4. The number of H-pyrrole nitrogens is 1. The van der Waals surface area contributed by atoms with Crippen molar-refractivity contribution < 1.29 is 13.6 Å². The maximum Gasteiger partial charge on any atom is 0.266 e. The Bertz CT molecular complexity index is 1110. The highest BCUT2D eigenvalue weighted by Gasteiger charge is 2.40. The summed E-state index contributed by atoms with van der Waals surface area (Å²) in [5, 5.41) is 4.51. The van der Waals surface area contributed by atoms with Crippen LogP contribution in [0.2, 0.25) is 0 Å². The molecule has 1 unspecified atom stereocenters. The van der Waals surface area contributed by atoms with E-state index in [4.69, 9.17) is 16.5 Å². The number of halogens is 2. The van der Waals surface area contributed by atoms with E-state index in [1.807, 2.05) is 18.2 Å². The first-order valence-corrected chi connectivity index (χ1v) is 11.1. The van der Waals surface area contributed by atoms with Gasteiger partial charge in [-0.15, -0.1) is 0 Å². The van der Waals surface area contributed by atoms with Crippen LogP contribution in [0.3, 0.4) is 0 Å². The smallest absolute Gasteiger partial charge is 0.266 e. The lowest BCUT2D eigenvalue weighted by atomic mass is 9.77. The first kappa shape index (κ1) is 22.4. The summed E-state index contributed by atoms with van der Waals surface area (Å²) < 4.78 is 29.1. The average molecular weight is 445 g/mol. The van der Waals surface area contributed by atoms with Crippen molar-refractivity contribution in [1.29, 1.82) is 0 Å². The van der Waals surface area contributed by atoms with Crippen molar-refractivity contribution in [2.75, 3.05) is 0 Å². The van der Waals surface area contributed by atoms with Crippen molar-refractivity contribution in [2.45, 2.75) is 63.3 Å². The quantitative estimate of drug-likeness (QED) is 0.508. The normalized spacial score (nSPS) is 18.7. The van der Waals surface area contributed by atoms with Crippen LogP contribution in [0.25, 0.3) is 11.0 Å². The summed E-state index contributed by atoms with van der Waals surface area (Å²) in [5.41, 5.74) is 15.3. The molecule has 3 aromatic rings. The molecule has 2 atom stereocenters. The fraction of sp³-hybridized carbons (Fsp3) is 0.522. The highest BCUT2D eigenvalue weighted by atomic mass is 19.3. The van der Waals surface area contributed by atoms with E-state index in [1.54, 1.807) is 13.1 Å². The molecule has 5 N–H and O–H groups in total. The van der Waals surface area contributed by atoms with Gasteiger partial charge in [0.15, 0.2) is 0 Å². The number of aryl methyl sites for hydroxylation is 1. The second-order valence-corrected chi connectivity index (χ2v) is 8.91. The Labute approximate surface area is 185 Å². The maximum absolute atomic E-state index is 13.9. The zero-order valence-electron chi connectivity index (χ0n) is 18.4. The largest absolute Gasteiger partial charge is 0.364 e. The zero-order valence-corrected chi connectivity index (χ0v) is 18.4. The third-order valence-corrected chi connectivity index (χ3v) is 6.55. The third kappa shape index (κ3) is 4.39. The standard InChI is InChI=1S/C23H30F2N6O/c1-3-4-15(26)14-5-6-16-17(11-14)29-22(28-16)20(13-7-9-23(24,25)10-8-13)18-12-19(21(27)32)31(2)30-18/h5-6,11-13,15,20H,3-4,7-10,26H2,1-2H3,(H2,27,32)(H,28,29)/t15?,20-/m0/s1. The van der Waals surface area contributed by atoms with Crippen LogP contribution in [0.5, 0.6) is 0 Å². The molecule has 1 aromatic carbocycles. The molecule has 2 heterocycles. The molecule has 1 amide bonds. The van der Waals surface area contributed by atoms with E-state index in [-0.39, 0.29) is 36.4 Å². The molecule has 0 radical (unpaired) electrons. The van der Waals surface area contributed by atoms with Gasteiger partial charge in [0, 0.05) is 25.9 Å². The number of aromatic amines is 1. The lowest BCUT2D eigenvalue weighted by Crippen LogP contribution is -2.28. The van der Waals surface area contributed by atoms with Crippen LogP contribution in [-0.4, -0.2) is 31.6 Å². The second kappa shape index (κ2) is 8.61. The SMILES string of the molecule is CCCC(N)c1ccc2nc([C@H](c3cc(C(N)=O)n(C)n3)C3CCC(F)(F)CC3)[nH]c2c1. The van der Waals surface area contributed by atoms with Gasteiger partial charge in [0.05, 0.1) is 22.6 Å². The molecule has 2 aromatic heterocycles. The Hall–Kier alpha value is -2.81. The zero-order chi connectivity index (χ0) is 23.0. The number of nitrogens with zero attached hydrogens (tertiary/aromatic N) is 3. The highest BCUT2D eigenvalue weighted by Crippen LogP contribution is 2.44. The monoisotopic (exact) mass is 444 g/mol. The van der Waals surface area contributed by atoms with Crippen LogP contribution < -0.4 is 11.5 Å². The van der Waals surface area contributed by atoms with E-state index in [9.17, 15) is 13.6 Å². The van der Waals surface area contributed by atoms with E-state index in [0.29, 0.717) is 24.4 Å². The van der Waals surface area contributed by atoms with Crippen LogP contribution in [0.4, 0.5) is 8.78 Å². The Kier molecular flexibility index (Phi) is 6.03. The summed E-state index contributed by atoms with van der Waals surface area (Å²) in [5.74, 6) is -2.98. The van der Waals surface area contributed by atoms with Gasteiger partial charge in [-0.2, -0.15) is 5.10 Å². The van der Waals surface area contributed by atoms with E-state index in [0.717, 1.165) is 29.4 Å². The summed E-state index contributed by atoms with van der Waals surface area (Å²) in [6.07, 6.45) is 2.24. The van der Waals surface area contributed by atoms with Gasteiger partial charge < -0.3 is 16.5 Å². The molecular formula is C23H30F2N6O. The van der Waals surface area contributed by atoms with E-state index < -0.39 is 11.8 Å². The molecule has 4 rings (SSSR count). The second-order valence-electron chi connectivity index (χ2n) is 8.91. The molecule has 172 valence electrons. The molecule has 9 heteroatoms. The van der Waals surface area contributed by atoms with E-state index >= 15 is 0 Å². The van der Waals surface area contributed by atoms with Crippen LogP contribution in [0.15, 0.2) is 24.3 Å². The maximum atomic E-state index is 13.9. The minimum Gasteiger partial charge on any atom is -0.364 e. The van der Waals surface area contributed by atoms with Crippen LogP contribution in [-0.2, 0) is 7.05 Å². The van der Waals surface area contributed by atoms with Crippen molar-refractivity contribution in [3.05, 3.63) is 47.0 Å². The number of benzene rings is 1. The molecule has 0 saturated heterocycles. The van der Waals surface area contributed by atoms with Gasteiger partial charge in [-0.25, -0.2) is 13.8 Å². The topological polar surface area (TPSA) is 116 Å². The number of alkyl halides is 2. The molecular weight excluding hydrogens is 414 g/mol. The van der Waals surface area contributed by atoms with Crippen molar-refractivity contribution in [1.82, 2.24) is 19.7 Å². The van der Waals surface area contributed by atoms with Crippen molar-refractivity contribution in [2.24, 2.45) is 24.4 Å². The number of nitrogens with two attached hydrogens (primary N) is 2. The summed E-state index contributed by atoms with van der Waals surface area (Å²) >= 11 is 0. The number of hydrogen-bond acceptors (Lipinski definition) is 4. The van der Waals surface area contributed by atoms with Gasteiger partial charge in [-0.1, -0.05) is 19.4 Å². The summed E-state index contributed by atoms with van der Waals surface area (Å²) in [6, 6.07) is 7.51. The molecule has 1 aliphatic carbocycles. The Morgan fingerprint density at radius 2 is 2.03 bits per heavy atom. The predicted octanol–water partition coefficient (Wildman–Crippen LogP) is 4.15. The van der Waals surface area contributed by atoms with Gasteiger partial charge in [0.2, 0.25) is 5.92 Å². The number of primary amides is 1. The Morgan fingerprint density at radius 1 is 1.31 bits per heavy atom. The van der Waals surface area contributed by atoms with Gasteiger partial charge >= 0.3 is 0 Å². The number of nitrogens with one attached hydrogen (secondary N) is 1. The summed E-state index contributed by atoms with van der Waals surface area (Å²) in [6.45, 7) is 2.10. The van der Waals surface area contributed by atoms with Gasteiger partial charge in [-0.05, 0) is 48.9 Å². The van der Waals surface area contributed by atoms with Crippen LogP contribution in [0, 0.1) is 5.92 Å². The molecule has 0 bridgehead atoms. The molecule has 0 spiro atoms. The molecule has 0 aliphatic heterocycles. The Balaban J connectivity index is 1.75. The highest BCUT2D eigenvalue weighted by molar-refractivity contribution is 5.91. The minimum atomic E-state index is -2.64. The number of hydrogen-bond donors (Lipinski definition) is 3. The molecule has 7 nitrogen and oxygen atoms in total. The molecule has 1 aliphatic rings. The number of imidazole rings is 1. The van der Waals surface area contributed by atoms with Gasteiger partial charge in [0.25, 0.3) is 5.91 Å². The third-order valence-electron chi connectivity index (χ3n) is 6.55. The summed E-state index contributed by atoms with van der Waals surface area (Å²) in [7, 11) is 1.65. The molecule has 1 saturated carbocycles. The number of carbonyl (C=O) groups is 1. The van der Waals surface area contributed by atoms with Crippen molar-refractivity contribution in [3.8, 4) is 0 Å². The van der Waals surface area contributed by atoms with Crippen LogP contribution in [0.1, 0.15) is 85.0 Å². The Morgan fingerprint density at radius 3 is 2.66 bits per heavy atom. The lowest BCUT2D eigenvalue weighted by molar-refractivity contribution is -0.0476. The first-order valence-electron chi connectivity index (χ1n) is 11.1. The van der Waals surface area contributed by atoms with E-state index in [1.165, 1.54) is 4.68 Å². The molecule has 32 heavy (non-hydrogen) atoms. The molecule has 1 fully saturated rings. The van der Waals surface area contributed by atoms with Gasteiger partial charge in [-0.3, -0.25) is 9.48 Å². The first-order chi connectivity index (χ1) is 15.2. The van der Waals surface area contributed by atoms with Crippen LogP contribution >= 0.6 is 0 Å². The van der Waals surface area contributed by atoms with Gasteiger partial charge in [0.1, 0.15) is 11.5 Å². The fourth-order valence-corrected chi connectivity index (χ4v) is 4.78. The van der Waals surface area contributed by atoms with Crippen molar-refractivity contribution >= 4 is 16.9 Å². The number of rotatable bonds is 7. The minimum absolute atomic E-state index is 0.0542.